The number of halogens is 1. The zero-order valence-corrected chi connectivity index (χ0v) is 12.4. The van der Waals surface area contributed by atoms with Gasteiger partial charge in [0, 0.05) is 0 Å². The fraction of sp³-hybridized carbons (Fsp3) is 0.286. The smallest absolute Gasteiger partial charge is 0.258 e. The van der Waals surface area contributed by atoms with Crippen LogP contribution in [0.15, 0.2) is 18.2 Å². The van der Waals surface area contributed by atoms with E-state index in [1.807, 2.05) is 19.9 Å². The second-order valence-corrected chi connectivity index (χ2v) is 4.80. The molecule has 0 radical (unpaired) electrons. The molecule has 0 saturated heterocycles. The molecular formula is C14H13ClN4O2. The SMILES string of the molecule is CCc1nn(-c2ccc(C#N)cc2Cl)c(CC)c1[N+](=O)[O-]. The van der Waals surface area contributed by atoms with Gasteiger partial charge < -0.3 is 0 Å². The summed E-state index contributed by atoms with van der Waals surface area (Å²) in [4.78, 5) is 10.9. The molecule has 2 rings (SSSR count). The summed E-state index contributed by atoms with van der Waals surface area (Å²) in [5.41, 5.74) is 1.94. The molecule has 1 aromatic carbocycles. The van der Waals surface area contributed by atoms with E-state index >= 15 is 0 Å². The Bertz CT molecular complexity index is 746. The molecule has 0 atom stereocenters. The van der Waals surface area contributed by atoms with Gasteiger partial charge in [0.2, 0.25) is 0 Å². The first-order valence-electron chi connectivity index (χ1n) is 6.48. The molecule has 0 amide bonds. The molecule has 2 aromatic rings. The average molecular weight is 305 g/mol. The molecule has 0 bridgehead atoms. The number of aryl methyl sites for hydroxylation is 1. The van der Waals surface area contributed by atoms with Crippen molar-refractivity contribution in [3.8, 4) is 11.8 Å². The lowest BCUT2D eigenvalue weighted by Crippen LogP contribution is -2.03. The first-order valence-corrected chi connectivity index (χ1v) is 6.86. The van der Waals surface area contributed by atoms with E-state index in [4.69, 9.17) is 16.9 Å². The number of nitro groups is 1. The van der Waals surface area contributed by atoms with Gasteiger partial charge in [0.1, 0.15) is 11.4 Å². The second-order valence-electron chi connectivity index (χ2n) is 4.40. The van der Waals surface area contributed by atoms with Gasteiger partial charge in [-0.2, -0.15) is 10.4 Å². The summed E-state index contributed by atoms with van der Waals surface area (Å²) in [5, 5.41) is 24.8. The molecule has 0 spiro atoms. The summed E-state index contributed by atoms with van der Waals surface area (Å²) in [6, 6.07) is 6.78. The molecule has 0 aliphatic heterocycles. The van der Waals surface area contributed by atoms with Crippen LogP contribution in [0, 0.1) is 21.4 Å². The Kier molecular flexibility index (Phi) is 4.24. The van der Waals surface area contributed by atoms with Gasteiger partial charge in [-0.05, 0) is 31.0 Å². The van der Waals surface area contributed by atoms with E-state index in [1.54, 1.807) is 12.1 Å². The Balaban J connectivity index is 2.70. The summed E-state index contributed by atoms with van der Waals surface area (Å²) in [6.45, 7) is 3.65. The highest BCUT2D eigenvalue weighted by molar-refractivity contribution is 6.32. The van der Waals surface area contributed by atoms with Crippen LogP contribution in [0.3, 0.4) is 0 Å². The van der Waals surface area contributed by atoms with Crippen LogP contribution in [0.4, 0.5) is 5.69 Å². The van der Waals surface area contributed by atoms with Gasteiger partial charge in [-0.3, -0.25) is 10.1 Å². The first kappa shape index (κ1) is 15.0. The van der Waals surface area contributed by atoms with Crippen LogP contribution in [0.1, 0.15) is 30.8 Å². The van der Waals surface area contributed by atoms with Gasteiger partial charge >= 0.3 is 5.69 Å². The molecule has 1 heterocycles. The Hall–Kier alpha value is -2.39. The van der Waals surface area contributed by atoms with Crippen molar-refractivity contribution in [3.05, 3.63) is 50.3 Å². The molecular weight excluding hydrogens is 292 g/mol. The van der Waals surface area contributed by atoms with E-state index in [2.05, 4.69) is 5.10 Å². The van der Waals surface area contributed by atoms with Crippen molar-refractivity contribution < 1.29 is 4.92 Å². The Morgan fingerprint density at radius 1 is 1.43 bits per heavy atom. The normalized spacial score (nSPS) is 10.4. The van der Waals surface area contributed by atoms with Crippen LogP contribution in [-0.2, 0) is 12.8 Å². The highest BCUT2D eigenvalue weighted by atomic mass is 35.5. The Labute approximate surface area is 126 Å². The van der Waals surface area contributed by atoms with Crippen molar-refractivity contribution >= 4 is 17.3 Å². The van der Waals surface area contributed by atoms with Gasteiger partial charge in [-0.1, -0.05) is 25.4 Å². The van der Waals surface area contributed by atoms with Crippen molar-refractivity contribution in [2.24, 2.45) is 0 Å². The summed E-state index contributed by atoms with van der Waals surface area (Å²) in [6.07, 6.45) is 0.920. The van der Waals surface area contributed by atoms with E-state index in [1.165, 1.54) is 10.7 Å². The second kappa shape index (κ2) is 5.94. The van der Waals surface area contributed by atoms with Crippen molar-refractivity contribution in [2.75, 3.05) is 0 Å². The fourth-order valence-electron chi connectivity index (χ4n) is 2.21. The molecule has 21 heavy (non-hydrogen) atoms. The minimum atomic E-state index is -0.404. The molecule has 0 aliphatic carbocycles. The number of hydrogen-bond acceptors (Lipinski definition) is 4. The van der Waals surface area contributed by atoms with Crippen LogP contribution >= 0.6 is 11.6 Å². The lowest BCUT2D eigenvalue weighted by Gasteiger charge is -2.07. The van der Waals surface area contributed by atoms with E-state index in [-0.39, 0.29) is 5.69 Å². The minimum absolute atomic E-state index is 0.0421. The topological polar surface area (TPSA) is 84.8 Å². The summed E-state index contributed by atoms with van der Waals surface area (Å²) in [7, 11) is 0. The lowest BCUT2D eigenvalue weighted by molar-refractivity contribution is -0.386. The number of aromatic nitrogens is 2. The third-order valence-corrected chi connectivity index (χ3v) is 3.48. The molecule has 7 heteroatoms. The largest absolute Gasteiger partial charge is 0.313 e. The van der Waals surface area contributed by atoms with Crippen LogP contribution < -0.4 is 0 Å². The van der Waals surface area contributed by atoms with E-state index in [0.29, 0.717) is 40.5 Å². The maximum Gasteiger partial charge on any atom is 0.313 e. The van der Waals surface area contributed by atoms with Gasteiger partial charge in [-0.15, -0.1) is 0 Å². The van der Waals surface area contributed by atoms with Crippen molar-refractivity contribution in [2.45, 2.75) is 26.7 Å². The Morgan fingerprint density at radius 3 is 2.62 bits per heavy atom. The highest BCUT2D eigenvalue weighted by Crippen LogP contribution is 2.30. The van der Waals surface area contributed by atoms with Gasteiger partial charge in [0.15, 0.2) is 0 Å². The zero-order valence-electron chi connectivity index (χ0n) is 11.6. The lowest BCUT2D eigenvalue weighted by atomic mass is 10.2. The predicted molar refractivity (Wildman–Crippen MR) is 78.7 cm³/mol. The van der Waals surface area contributed by atoms with E-state index in [0.717, 1.165) is 0 Å². The minimum Gasteiger partial charge on any atom is -0.258 e. The van der Waals surface area contributed by atoms with Crippen LogP contribution in [0.2, 0.25) is 5.02 Å². The zero-order chi connectivity index (χ0) is 15.6. The number of benzene rings is 1. The molecule has 6 nitrogen and oxygen atoms in total. The maximum absolute atomic E-state index is 11.3. The molecule has 0 unspecified atom stereocenters. The predicted octanol–water partition coefficient (Wildman–Crippen LogP) is 3.43. The third kappa shape index (κ3) is 2.60. The van der Waals surface area contributed by atoms with Crippen molar-refractivity contribution in [1.82, 2.24) is 9.78 Å². The quantitative estimate of drug-likeness (QED) is 0.639. The van der Waals surface area contributed by atoms with Gasteiger partial charge in [-0.25, -0.2) is 4.68 Å². The third-order valence-electron chi connectivity index (χ3n) is 3.18. The molecule has 0 aliphatic rings. The standard InChI is InChI=1S/C14H13ClN4O2/c1-3-11-14(19(20)21)12(4-2)18(17-11)13-6-5-9(8-16)7-10(13)15/h5-7H,3-4H2,1-2H3. The maximum atomic E-state index is 11.3. The Morgan fingerprint density at radius 2 is 2.14 bits per heavy atom. The number of rotatable bonds is 4. The molecule has 108 valence electrons. The number of nitrogens with zero attached hydrogens (tertiary/aromatic N) is 4. The van der Waals surface area contributed by atoms with E-state index < -0.39 is 4.92 Å². The summed E-state index contributed by atoms with van der Waals surface area (Å²) in [5.74, 6) is 0. The summed E-state index contributed by atoms with van der Waals surface area (Å²) >= 11 is 6.17. The van der Waals surface area contributed by atoms with Gasteiger partial charge in [0.25, 0.3) is 0 Å². The number of hydrogen-bond donors (Lipinski definition) is 0. The first-order chi connectivity index (χ1) is 10.0. The number of nitriles is 1. The van der Waals surface area contributed by atoms with Crippen LogP contribution in [-0.4, -0.2) is 14.7 Å². The fourth-order valence-corrected chi connectivity index (χ4v) is 2.47. The van der Waals surface area contributed by atoms with E-state index in [9.17, 15) is 10.1 Å². The highest BCUT2D eigenvalue weighted by Gasteiger charge is 2.26. The molecule has 1 aromatic heterocycles. The van der Waals surface area contributed by atoms with Crippen LogP contribution in [0.5, 0.6) is 0 Å². The molecule has 0 N–H and O–H groups in total. The van der Waals surface area contributed by atoms with Gasteiger partial charge in [0.05, 0.1) is 27.3 Å². The molecule has 0 saturated carbocycles. The monoisotopic (exact) mass is 304 g/mol. The van der Waals surface area contributed by atoms with Crippen LogP contribution in [0.25, 0.3) is 5.69 Å². The van der Waals surface area contributed by atoms with Crippen molar-refractivity contribution in [3.63, 3.8) is 0 Å². The molecule has 0 fully saturated rings. The average Bonchev–Trinajstić information content (AvgIpc) is 2.85. The van der Waals surface area contributed by atoms with Crippen molar-refractivity contribution in [1.29, 1.82) is 5.26 Å². The summed E-state index contributed by atoms with van der Waals surface area (Å²) < 4.78 is 1.50.